The first-order chi connectivity index (χ1) is 8.52. The fourth-order valence-corrected chi connectivity index (χ4v) is 1.59. The van der Waals surface area contributed by atoms with E-state index in [-0.39, 0.29) is 11.5 Å². The molecular formula is C10H8F3N3O2. The summed E-state index contributed by atoms with van der Waals surface area (Å²) in [5.41, 5.74) is 0.697. The molecule has 1 aromatic heterocycles. The zero-order valence-electron chi connectivity index (χ0n) is 9.12. The van der Waals surface area contributed by atoms with Crippen molar-refractivity contribution in [1.29, 1.82) is 5.26 Å². The van der Waals surface area contributed by atoms with Crippen LogP contribution < -0.4 is 0 Å². The van der Waals surface area contributed by atoms with Crippen molar-refractivity contribution in [2.75, 3.05) is 13.2 Å². The molecule has 0 aliphatic carbocycles. The lowest BCUT2D eigenvalue weighted by molar-refractivity contribution is -0.146. The normalized spacial score (nSPS) is 16.4. The number of allylic oxidation sites excluding steroid dienone is 1. The minimum Gasteiger partial charge on any atom is -0.381 e. The number of nitrogens with zero attached hydrogens (tertiary/aromatic N) is 3. The van der Waals surface area contributed by atoms with Crippen LogP contribution in [0.1, 0.15) is 24.6 Å². The Morgan fingerprint density at radius 2 is 1.94 bits per heavy atom. The molecule has 0 bridgehead atoms. The van der Waals surface area contributed by atoms with Gasteiger partial charge in [-0.05, 0) is 18.4 Å². The maximum absolute atomic E-state index is 12.3. The Labute approximate surface area is 99.8 Å². The van der Waals surface area contributed by atoms with Crippen LogP contribution in [-0.4, -0.2) is 23.4 Å². The molecule has 1 fully saturated rings. The van der Waals surface area contributed by atoms with Gasteiger partial charge in [0.05, 0.1) is 13.2 Å². The third-order valence-electron chi connectivity index (χ3n) is 2.46. The number of aromatic nitrogens is 2. The van der Waals surface area contributed by atoms with Gasteiger partial charge in [-0.2, -0.15) is 23.4 Å². The molecule has 1 aliphatic heterocycles. The second-order valence-corrected chi connectivity index (χ2v) is 3.62. The lowest BCUT2D eigenvalue weighted by Gasteiger charge is -2.14. The molecule has 0 unspecified atom stereocenters. The molecule has 0 spiro atoms. The highest BCUT2D eigenvalue weighted by Crippen LogP contribution is 2.29. The summed E-state index contributed by atoms with van der Waals surface area (Å²) in [6, 6.07) is 1.81. The first kappa shape index (κ1) is 12.6. The largest absolute Gasteiger partial charge is 0.455 e. The number of rotatable bonds is 1. The van der Waals surface area contributed by atoms with Gasteiger partial charge in [0.15, 0.2) is 0 Å². The lowest BCUT2D eigenvalue weighted by Crippen LogP contribution is -2.09. The van der Waals surface area contributed by atoms with Crippen molar-refractivity contribution >= 4 is 5.57 Å². The van der Waals surface area contributed by atoms with E-state index in [0.29, 0.717) is 31.6 Å². The van der Waals surface area contributed by atoms with Gasteiger partial charge in [-0.15, -0.1) is 0 Å². The molecule has 18 heavy (non-hydrogen) atoms. The van der Waals surface area contributed by atoms with Crippen molar-refractivity contribution in [2.45, 2.75) is 19.0 Å². The SMILES string of the molecule is N#CC(=C1CCOCC1)c1nc(C(F)(F)F)no1. The van der Waals surface area contributed by atoms with Gasteiger partial charge in [-0.25, -0.2) is 0 Å². The first-order valence-electron chi connectivity index (χ1n) is 5.13. The Bertz CT molecular complexity index is 505. The number of halogens is 3. The van der Waals surface area contributed by atoms with E-state index in [1.165, 1.54) is 0 Å². The maximum atomic E-state index is 12.3. The predicted octanol–water partition coefficient (Wildman–Crippen LogP) is 2.18. The summed E-state index contributed by atoms with van der Waals surface area (Å²) in [4.78, 5) is 3.20. The molecular weight excluding hydrogens is 251 g/mol. The highest BCUT2D eigenvalue weighted by atomic mass is 19.4. The van der Waals surface area contributed by atoms with Crippen molar-refractivity contribution in [2.24, 2.45) is 0 Å². The van der Waals surface area contributed by atoms with E-state index in [9.17, 15) is 13.2 Å². The summed E-state index contributed by atoms with van der Waals surface area (Å²) in [7, 11) is 0. The van der Waals surface area contributed by atoms with Crippen molar-refractivity contribution in [1.82, 2.24) is 10.1 Å². The molecule has 1 aromatic rings. The fraction of sp³-hybridized carbons (Fsp3) is 0.500. The second kappa shape index (κ2) is 4.78. The summed E-state index contributed by atoms with van der Waals surface area (Å²) in [5, 5.41) is 11.8. The number of alkyl halides is 3. The average Bonchev–Trinajstić information content (AvgIpc) is 2.81. The summed E-state index contributed by atoms with van der Waals surface area (Å²) < 4.78 is 46.5. The van der Waals surface area contributed by atoms with E-state index in [2.05, 4.69) is 14.7 Å². The van der Waals surface area contributed by atoms with Crippen LogP contribution in [0.25, 0.3) is 5.57 Å². The van der Waals surface area contributed by atoms with Crippen LogP contribution in [0.5, 0.6) is 0 Å². The van der Waals surface area contributed by atoms with E-state index in [0.717, 1.165) is 0 Å². The van der Waals surface area contributed by atoms with Crippen LogP contribution in [0.15, 0.2) is 10.1 Å². The highest BCUT2D eigenvalue weighted by molar-refractivity contribution is 5.74. The fourth-order valence-electron chi connectivity index (χ4n) is 1.59. The van der Waals surface area contributed by atoms with Crippen molar-refractivity contribution < 1.29 is 22.4 Å². The highest BCUT2D eigenvalue weighted by Gasteiger charge is 2.37. The van der Waals surface area contributed by atoms with E-state index >= 15 is 0 Å². The maximum Gasteiger partial charge on any atom is 0.455 e. The number of nitriles is 1. The van der Waals surface area contributed by atoms with Gasteiger partial charge < -0.3 is 9.26 Å². The summed E-state index contributed by atoms with van der Waals surface area (Å²) >= 11 is 0. The topological polar surface area (TPSA) is 71.9 Å². The van der Waals surface area contributed by atoms with Gasteiger partial charge in [-0.1, -0.05) is 5.16 Å². The van der Waals surface area contributed by atoms with Crippen LogP contribution >= 0.6 is 0 Å². The third kappa shape index (κ3) is 2.51. The Kier molecular flexibility index (Phi) is 3.34. The van der Waals surface area contributed by atoms with Gasteiger partial charge >= 0.3 is 6.18 Å². The number of ether oxygens (including phenoxy) is 1. The molecule has 0 radical (unpaired) electrons. The Morgan fingerprint density at radius 3 is 2.44 bits per heavy atom. The molecule has 5 nitrogen and oxygen atoms in total. The van der Waals surface area contributed by atoms with Crippen LogP contribution in [0.3, 0.4) is 0 Å². The van der Waals surface area contributed by atoms with E-state index in [1.54, 1.807) is 0 Å². The van der Waals surface area contributed by atoms with Crippen molar-refractivity contribution in [3.63, 3.8) is 0 Å². The average molecular weight is 259 g/mol. The van der Waals surface area contributed by atoms with Crippen molar-refractivity contribution in [3.8, 4) is 6.07 Å². The standard InChI is InChI=1S/C10H8F3N3O2/c11-10(12,13)9-15-8(18-16-9)7(5-14)6-1-3-17-4-2-6/h1-4H2. The van der Waals surface area contributed by atoms with Crippen molar-refractivity contribution in [3.05, 3.63) is 17.3 Å². The monoisotopic (exact) mass is 259 g/mol. The Hall–Kier alpha value is -1.88. The summed E-state index contributed by atoms with van der Waals surface area (Å²) in [5.74, 6) is -1.76. The van der Waals surface area contributed by atoms with Crippen LogP contribution in [0.2, 0.25) is 0 Å². The molecule has 0 atom stereocenters. The molecule has 8 heteroatoms. The molecule has 96 valence electrons. The molecule has 0 N–H and O–H groups in total. The molecule has 0 amide bonds. The molecule has 2 heterocycles. The minimum absolute atomic E-state index is 0.0151. The molecule has 0 saturated carbocycles. The first-order valence-corrected chi connectivity index (χ1v) is 5.13. The number of hydrogen-bond donors (Lipinski definition) is 0. The quantitative estimate of drug-likeness (QED) is 0.723. The zero-order chi connectivity index (χ0) is 13.2. The molecule has 1 saturated heterocycles. The third-order valence-corrected chi connectivity index (χ3v) is 2.46. The van der Waals surface area contributed by atoms with Gasteiger partial charge in [0, 0.05) is 0 Å². The predicted molar refractivity (Wildman–Crippen MR) is 51.9 cm³/mol. The lowest BCUT2D eigenvalue weighted by atomic mass is 10.0. The molecule has 0 aromatic carbocycles. The van der Waals surface area contributed by atoms with Gasteiger partial charge in [0.2, 0.25) is 0 Å². The van der Waals surface area contributed by atoms with E-state index in [1.807, 2.05) is 6.07 Å². The second-order valence-electron chi connectivity index (χ2n) is 3.62. The van der Waals surface area contributed by atoms with E-state index in [4.69, 9.17) is 10.00 Å². The summed E-state index contributed by atoms with van der Waals surface area (Å²) in [6.45, 7) is 0.863. The molecule has 2 rings (SSSR count). The van der Waals surface area contributed by atoms with E-state index < -0.39 is 12.0 Å². The smallest absolute Gasteiger partial charge is 0.381 e. The molecule has 1 aliphatic rings. The van der Waals surface area contributed by atoms with Gasteiger partial charge in [0.25, 0.3) is 11.7 Å². The Balaban J connectivity index is 2.34. The Morgan fingerprint density at radius 1 is 1.28 bits per heavy atom. The summed E-state index contributed by atoms with van der Waals surface area (Å²) in [6.07, 6.45) is -3.72. The van der Waals surface area contributed by atoms with Gasteiger partial charge in [-0.3, -0.25) is 0 Å². The van der Waals surface area contributed by atoms with Crippen LogP contribution in [-0.2, 0) is 10.9 Å². The number of hydrogen-bond acceptors (Lipinski definition) is 5. The van der Waals surface area contributed by atoms with Crippen LogP contribution in [0, 0.1) is 11.3 Å². The van der Waals surface area contributed by atoms with Crippen LogP contribution in [0.4, 0.5) is 13.2 Å². The zero-order valence-corrected chi connectivity index (χ0v) is 9.12. The minimum atomic E-state index is -4.68. The van der Waals surface area contributed by atoms with Gasteiger partial charge in [0.1, 0.15) is 11.6 Å².